The zero-order valence-corrected chi connectivity index (χ0v) is 12.1. The number of hydrogen-bond acceptors (Lipinski definition) is 4. The van der Waals surface area contributed by atoms with Crippen molar-refractivity contribution in [2.45, 2.75) is 33.6 Å². The van der Waals surface area contributed by atoms with E-state index in [-0.39, 0.29) is 18.4 Å². The molecule has 0 saturated carbocycles. The van der Waals surface area contributed by atoms with Crippen molar-refractivity contribution in [1.29, 1.82) is 0 Å². The van der Waals surface area contributed by atoms with Gasteiger partial charge in [0.15, 0.2) is 0 Å². The van der Waals surface area contributed by atoms with Crippen LogP contribution in [0.25, 0.3) is 0 Å². The number of esters is 1. The minimum atomic E-state index is -0.213. The lowest BCUT2D eigenvalue weighted by atomic mass is 10.2. The first-order valence-electron chi connectivity index (χ1n) is 6.67. The molecular formula is C13H26N2O3. The Morgan fingerprint density at radius 2 is 1.72 bits per heavy atom. The topological polar surface area (TPSA) is 49.9 Å². The number of hydrogen-bond donors (Lipinski definition) is 0. The number of amides is 1. The number of carbonyl (C=O) groups is 2. The minimum absolute atomic E-state index is 0.185. The van der Waals surface area contributed by atoms with Gasteiger partial charge in [0.25, 0.3) is 0 Å². The number of nitrogens with zero attached hydrogens (tertiary/aromatic N) is 2. The molecule has 0 unspecified atom stereocenters. The molecule has 0 aromatic heterocycles. The summed E-state index contributed by atoms with van der Waals surface area (Å²) in [6, 6.07) is 0. The van der Waals surface area contributed by atoms with Gasteiger partial charge in [-0.2, -0.15) is 0 Å². The maximum absolute atomic E-state index is 11.7. The fourth-order valence-electron chi connectivity index (χ4n) is 1.74. The van der Waals surface area contributed by atoms with E-state index in [2.05, 4.69) is 0 Å². The number of likely N-dealkylation sites (N-methyl/N-ethyl adjacent to an activating group) is 1. The van der Waals surface area contributed by atoms with Crippen molar-refractivity contribution < 1.29 is 14.3 Å². The first-order chi connectivity index (χ1) is 8.54. The lowest BCUT2D eigenvalue weighted by molar-refractivity contribution is -0.144. The van der Waals surface area contributed by atoms with Crippen LogP contribution in [0.3, 0.4) is 0 Å². The summed E-state index contributed by atoms with van der Waals surface area (Å²) in [5.74, 6) is -0.0281. The Morgan fingerprint density at radius 1 is 1.11 bits per heavy atom. The Morgan fingerprint density at radius 3 is 2.22 bits per heavy atom. The molecule has 0 spiro atoms. The van der Waals surface area contributed by atoms with Gasteiger partial charge in [-0.1, -0.05) is 0 Å². The van der Waals surface area contributed by atoms with Gasteiger partial charge in [-0.3, -0.25) is 14.5 Å². The minimum Gasteiger partial charge on any atom is -0.465 e. The van der Waals surface area contributed by atoms with Crippen molar-refractivity contribution >= 4 is 11.9 Å². The van der Waals surface area contributed by atoms with Crippen molar-refractivity contribution in [3.63, 3.8) is 0 Å². The molecule has 0 N–H and O–H groups in total. The molecular weight excluding hydrogens is 232 g/mol. The molecule has 0 aliphatic rings. The van der Waals surface area contributed by atoms with Crippen LogP contribution in [-0.2, 0) is 14.3 Å². The zero-order valence-electron chi connectivity index (χ0n) is 12.1. The van der Waals surface area contributed by atoms with Crippen molar-refractivity contribution in [1.82, 2.24) is 9.80 Å². The van der Waals surface area contributed by atoms with E-state index in [9.17, 15) is 9.59 Å². The molecule has 0 aromatic rings. The largest absolute Gasteiger partial charge is 0.465 e. The maximum atomic E-state index is 11.7. The molecule has 0 heterocycles. The first-order valence-corrected chi connectivity index (χ1v) is 6.67. The highest BCUT2D eigenvalue weighted by molar-refractivity contribution is 5.76. The third-order valence-electron chi connectivity index (χ3n) is 2.75. The molecule has 0 aromatic carbocycles. The average molecular weight is 258 g/mol. The van der Waals surface area contributed by atoms with Crippen molar-refractivity contribution in [2.24, 2.45) is 0 Å². The Hall–Kier alpha value is -1.10. The summed E-state index contributed by atoms with van der Waals surface area (Å²) in [5.41, 5.74) is 0. The summed E-state index contributed by atoms with van der Waals surface area (Å²) in [4.78, 5) is 26.6. The second-order valence-corrected chi connectivity index (χ2v) is 4.21. The third kappa shape index (κ3) is 7.27. The number of rotatable bonds is 9. The third-order valence-corrected chi connectivity index (χ3v) is 2.75. The zero-order chi connectivity index (χ0) is 14.0. The second-order valence-electron chi connectivity index (χ2n) is 4.21. The van der Waals surface area contributed by atoms with Crippen LogP contribution in [-0.4, -0.2) is 61.5 Å². The molecule has 0 aliphatic heterocycles. The fraction of sp³-hybridized carbons (Fsp3) is 0.846. The molecule has 18 heavy (non-hydrogen) atoms. The predicted molar refractivity (Wildman–Crippen MR) is 71.3 cm³/mol. The second kappa shape index (κ2) is 9.88. The monoisotopic (exact) mass is 258 g/mol. The normalized spacial score (nSPS) is 10.5. The summed E-state index contributed by atoms with van der Waals surface area (Å²) in [5, 5.41) is 0. The van der Waals surface area contributed by atoms with Gasteiger partial charge >= 0.3 is 5.97 Å². The van der Waals surface area contributed by atoms with Gasteiger partial charge in [-0.15, -0.1) is 0 Å². The van der Waals surface area contributed by atoms with Crippen LogP contribution in [0.2, 0.25) is 0 Å². The molecule has 0 rings (SSSR count). The smallest absolute Gasteiger partial charge is 0.320 e. The summed E-state index contributed by atoms with van der Waals surface area (Å²) < 4.78 is 4.86. The predicted octanol–water partition coefficient (Wildman–Crippen LogP) is 1.13. The maximum Gasteiger partial charge on any atom is 0.320 e. The first kappa shape index (κ1) is 16.9. The Bertz CT molecular complexity index is 253. The van der Waals surface area contributed by atoms with Gasteiger partial charge < -0.3 is 9.64 Å². The van der Waals surface area contributed by atoms with E-state index < -0.39 is 0 Å². The Balaban J connectivity index is 3.76. The van der Waals surface area contributed by atoms with Crippen molar-refractivity contribution in [3.8, 4) is 0 Å². The van der Waals surface area contributed by atoms with Gasteiger partial charge in [-0.25, -0.2) is 0 Å². The van der Waals surface area contributed by atoms with Gasteiger partial charge in [-0.05, 0) is 40.8 Å². The quantitative estimate of drug-likeness (QED) is 0.582. The molecule has 106 valence electrons. The summed E-state index contributed by atoms with van der Waals surface area (Å²) in [6.45, 7) is 8.69. The van der Waals surface area contributed by atoms with Gasteiger partial charge in [0.1, 0.15) is 0 Å². The molecule has 5 nitrogen and oxygen atoms in total. The molecule has 1 amide bonds. The highest BCUT2D eigenvalue weighted by Crippen LogP contribution is 1.99. The lowest BCUT2D eigenvalue weighted by Crippen LogP contribution is -2.32. The SMILES string of the molecule is CCOC(=O)CN(C)CCCC(=O)N(CC)CC. The van der Waals surface area contributed by atoms with E-state index in [1.54, 1.807) is 6.92 Å². The Labute approximate surface area is 110 Å². The average Bonchev–Trinajstić information content (AvgIpc) is 2.30. The number of carbonyl (C=O) groups excluding carboxylic acids is 2. The molecule has 0 radical (unpaired) electrons. The van der Waals surface area contributed by atoms with E-state index in [1.807, 2.05) is 30.7 Å². The molecule has 0 aliphatic carbocycles. The van der Waals surface area contributed by atoms with E-state index in [0.29, 0.717) is 13.0 Å². The fourth-order valence-corrected chi connectivity index (χ4v) is 1.74. The van der Waals surface area contributed by atoms with Crippen LogP contribution in [0.5, 0.6) is 0 Å². The van der Waals surface area contributed by atoms with E-state index >= 15 is 0 Å². The summed E-state index contributed by atoms with van der Waals surface area (Å²) >= 11 is 0. The van der Waals surface area contributed by atoms with Crippen LogP contribution in [0.15, 0.2) is 0 Å². The Kier molecular flexibility index (Phi) is 9.28. The number of ether oxygens (including phenoxy) is 1. The standard InChI is InChI=1S/C13H26N2O3/c1-5-15(6-2)12(16)9-8-10-14(4)11-13(17)18-7-3/h5-11H2,1-4H3. The summed E-state index contributed by atoms with van der Waals surface area (Å²) in [6.07, 6.45) is 1.31. The van der Waals surface area contributed by atoms with Gasteiger partial charge in [0.2, 0.25) is 5.91 Å². The van der Waals surface area contributed by atoms with Gasteiger partial charge in [0.05, 0.1) is 13.2 Å². The molecule has 0 bridgehead atoms. The molecule has 5 heteroatoms. The summed E-state index contributed by atoms with van der Waals surface area (Å²) in [7, 11) is 1.86. The van der Waals surface area contributed by atoms with Crippen LogP contribution >= 0.6 is 0 Å². The van der Waals surface area contributed by atoms with E-state index in [4.69, 9.17) is 4.74 Å². The van der Waals surface area contributed by atoms with Crippen LogP contribution in [0, 0.1) is 0 Å². The molecule has 0 atom stereocenters. The van der Waals surface area contributed by atoms with Crippen molar-refractivity contribution in [2.75, 3.05) is 39.8 Å². The highest BCUT2D eigenvalue weighted by atomic mass is 16.5. The van der Waals surface area contributed by atoms with Crippen LogP contribution in [0.4, 0.5) is 0 Å². The van der Waals surface area contributed by atoms with Gasteiger partial charge in [0, 0.05) is 19.5 Å². The van der Waals surface area contributed by atoms with Crippen molar-refractivity contribution in [3.05, 3.63) is 0 Å². The molecule has 0 fully saturated rings. The van der Waals surface area contributed by atoms with Crippen LogP contribution < -0.4 is 0 Å². The molecule has 0 saturated heterocycles. The van der Waals surface area contributed by atoms with E-state index in [0.717, 1.165) is 26.1 Å². The highest BCUT2D eigenvalue weighted by Gasteiger charge is 2.11. The van der Waals surface area contributed by atoms with Crippen LogP contribution in [0.1, 0.15) is 33.6 Å². The lowest BCUT2D eigenvalue weighted by Gasteiger charge is -2.20. The van der Waals surface area contributed by atoms with E-state index in [1.165, 1.54) is 0 Å².